The average Bonchev–Trinajstić information content (AvgIpc) is 2.93. The smallest absolute Gasteiger partial charge is 0.336 e. The van der Waals surface area contributed by atoms with Crippen molar-refractivity contribution in [1.29, 1.82) is 0 Å². The lowest BCUT2D eigenvalue weighted by Gasteiger charge is -2.23. The molecule has 2 aromatic carbocycles. The molecular formula is C30H26N2O14. The van der Waals surface area contributed by atoms with Crippen molar-refractivity contribution < 1.29 is 64.1 Å². The van der Waals surface area contributed by atoms with Crippen LogP contribution >= 0.6 is 0 Å². The fourth-order valence-corrected chi connectivity index (χ4v) is 5.14. The normalized spacial score (nSPS) is 11.3. The zero-order valence-corrected chi connectivity index (χ0v) is 23.7. The van der Waals surface area contributed by atoms with Crippen LogP contribution in [-0.4, -0.2) is 102 Å². The largest absolute Gasteiger partial charge is 0.507 e. The molecule has 2 aromatic rings. The molecule has 16 nitrogen and oxygen atoms in total. The molecule has 16 heteroatoms. The van der Waals surface area contributed by atoms with Crippen molar-refractivity contribution in [2.24, 2.45) is 0 Å². The summed E-state index contributed by atoms with van der Waals surface area (Å²) in [5.41, 5.74) is -1.82. The van der Waals surface area contributed by atoms with Crippen LogP contribution in [0.1, 0.15) is 21.5 Å². The molecule has 0 aromatic heterocycles. The van der Waals surface area contributed by atoms with Crippen LogP contribution in [0.4, 0.5) is 0 Å². The lowest BCUT2D eigenvalue weighted by Crippen LogP contribution is -2.35. The maximum atomic E-state index is 13.2. The highest BCUT2D eigenvalue weighted by Crippen LogP contribution is 2.47. The van der Waals surface area contributed by atoms with Crippen molar-refractivity contribution in [3.63, 3.8) is 0 Å². The van der Waals surface area contributed by atoms with Crippen molar-refractivity contribution in [3.8, 4) is 33.9 Å². The second-order valence-electron chi connectivity index (χ2n) is 10.2. The van der Waals surface area contributed by atoms with E-state index < -0.39 is 91.6 Å². The molecule has 4 rings (SSSR count). The molecule has 0 amide bonds. The third kappa shape index (κ3) is 7.20. The van der Waals surface area contributed by atoms with Crippen molar-refractivity contribution in [2.45, 2.75) is 13.1 Å². The number of aromatic hydroxyl groups is 2. The number of rotatable bonds is 14. The van der Waals surface area contributed by atoms with Gasteiger partial charge in [0.1, 0.15) is 22.8 Å². The van der Waals surface area contributed by atoms with Crippen LogP contribution < -0.4 is 5.43 Å². The van der Waals surface area contributed by atoms with E-state index >= 15 is 0 Å². The Bertz CT molecular complexity index is 1880. The van der Waals surface area contributed by atoms with Gasteiger partial charge in [-0.25, -0.2) is 4.79 Å². The number of carbonyl (C=O) groups is 5. The van der Waals surface area contributed by atoms with Crippen LogP contribution in [0.5, 0.6) is 11.5 Å². The monoisotopic (exact) mass is 638 g/mol. The molecule has 1 aliphatic carbocycles. The summed E-state index contributed by atoms with van der Waals surface area (Å²) in [5.74, 6) is -8.33. The van der Waals surface area contributed by atoms with E-state index in [1.54, 1.807) is 0 Å². The van der Waals surface area contributed by atoms with Gasteiger partial charge in [-0.15, -0.1) is 0 Å². The number of aliphatic carboxylic acids is 4. The van der Waals surface area contributed by atoms with Crippen LogP contribution in [0.15, 0.2) is 51.7 Å². The van der Waals surface area contributed by atoms with E-state index in [9.17, 15) is 64.5 Å². The summed E-state index contributed by atoms with van der Waals surface area (Å²) in [6.07, 6.45) is 0. The van der Waals surface area contributed by atoms with Crippen molar-refractivity contribution in [1.82, 2.24) is 9.80 Å². The Morgan fingerprint density at radius 2 is 1.24 bits per heavy atom. The maximum absolute atomic E-state index is 13.2. The summed E-state index contributed by atoms with van der Waals surface area (Å²) in [7, 11) is 0. The predicted octanol–water partition coefficient (Wildman–Crippen LogP) is 1.62. The van der Waals surface area contributed by atoms with Gasteiger partial charge in [-0.05, 0) is 17.7 Å². The number of phenols is 2. The first kappa shape index (κ1) is 32.9. The molecular weight excluding hydrogens is 612 g/mol. The number of carboxylic acid groups (broad SMARTS) is 5. The summed E-state index contributed by atoms with van der Waals surface area (Å²) in [4.78, 5) is 72.8. The van der Waals surface area contributed by atoms with Gasteiger partial charge in [0, 0.05) is 41.7 Å². The lowest BCUT2D eigenvalue weighted by atomic mass is 9.88. The summed E-state index contributed by atoms with van der Waals surface area (Å²) >= 11 is 0. The van der Waals surface area contributed by atoms with Gasteiger partial charge in [0.2, 0.25) is 0 Å². The Morgan fingerprint density at radius 1 is 0.696 bits per heavy atom. The zero-order valence-electron chi connectivity index (χ0n) is 23.7. The molecule has 0 bridgehead atoms. The van der Waals surface area contributed by atoms with Crippen LogP contribution in [0.2, 0.25) is 0 Å². The summed E-state index contributed by atoms with van der Waals surface area (Å²) in [5, 5.41) is 69.4. The van der Waals surface area contributed by atoms with E-state index in [1.165, 1.54) is 30.3 Å². The summed E-state index contributed by atoms with van der Waals surface area (Å²) < 4.78 is 5.86. The van der Waals surface area contributed by atoms with E-state index in [0.717, 1.165) is 21.9 Å². The molecule has 0 atom stereocenters. The highest BCUT2D eigenvalue weighted by Gasteiger charge is 2.29. The second-order valence-corrected chi connectivity index (χ2v) is 10.2. The van der Waals surface area contributed by atoms with Crippen molar-refractivity contribution in [3.05, 3.63) is 69.4 Å². The minimum atomic E-state index is -1.40. The highest BCUT2D eigenvalue weighted by atomic mass is 16.4. The van der Waals surface area contributed by atoms with Gasteiger partial charge in [-0.1, -0.05) is 18.2 Å². The van der Waals surface area contributed by atoms with Crippen LogP contribution in [0.25, 0.3) is 33.4 Å². The molecule has 1 aliphatic heterocycles. The molecule has 0 saturated carbocycles. The third-order valence-corrected chi connectivity index (χ3v) is 6.89. The number of carboxylic acids is 5. The SMILES string of the molecule is O=C(O)CN(CC(=O)O)Cc1cc2c(-c3ccccc3C(=O)O)c3c(O)c(CN(CC(=O)O)CC(=O)O)c(=O)cc-3oc2cc1O. The predicted molar refractivity (Wildman–Crippen MR) is 156 cm³/mol. The lowest BCUT2D eigenvalue weighted by molar-refractivity contribution is -0.144. The molecule has 7 N–H and O–H groups in total. The molecule has 2 aliphatic rings. The summed E-state index contributed by atoms with van der Waals surface area (Å²) in [6.45, 7) is -4.04. The fourth-order valence-electron chi connectivity index (χ4n) is 5.14. The van der Waals surface area contributed by atoms with Crippen LogP contribution in [0.3, 0.4) is 0 Å². The Labute approximate surface area is 257 Å². The van der Waals surface area contributed by atoms with E-state index in [1.807, 2.05) is 0 Å². The van der Waals surface area contributed by atoms with E-state index in [4.69, 9.17) is 4.42 Å². The van der Waals surface area contributed by atoms with Gasteiger partial charge in [0.25, 0.3) is 0 Å². The van der Waals surface area contributed by atoms with Crippen LogP contribution in [-0.2, 0) is 32.3 Å². The van der Waals surface area contributed by atoms with Crippen LogP contribution in [0, 0.1) is 0 Å². The van der Waals surface area contributed by atoms with E-state index in [-0.39, 0.29) is 44.5 Å². The topological polar surface area (TPSA) is 264 Å². The standard InChI is InChI=1S/C30H26N2O14/c33-19-6-21-17(5-14(19)8-31(10-23(35)36)11-24(37)38)27(15-3-1-2-4-16(15)30(44)45)28-22(46-21)7-20(34)18(29(28)43)9-32(12-25(39)40)13-26(41)42/h1-7,33,43H,8-13H2,(H,35,36)(H,37,38)(H,39,40)(H,41,42)(H,44,45). The Kier molecular flexibility index (Phi) is 9.53. The Balaban J connectivity index is 2.07. The number of benzene rings is 3. The van der Waals surface area contributed by atoms with Gasteiger partial charge in [0.15, 0.2) is 5.43 Å². The molecule has 46 heavy (non-hydrogen) atoms. The van der Waals surface area contributed by atoms with E-state index in [2.05, 4.69) is 0 Å². The number of hydrogen-bond acceptors (Lipinski definition) is 11. The number of hydrogen-bond donors (Lipinski definition) is 7. The van der Waals surface area contributed by atoms with Crippen molar-refractivity contribution in [2.75, 3.05) is 26.2 Å². The van der Waals surface area contributed by atoms with Crippen molar-refractivity contribution >= 4 is 40.8 Å². The minimum Gasteiger partial charge on any atom is -0.507 e. The fraction of sp³-hybridized carbons (Fsp3) is 0.200. The van der Waals surface area contributed by atoms with E-state index in [0.29, 0.717) is 0 Å². The molecule has 0 fully saturated rings. The van der Waals surface area contributed by atoms with Gasteiger partial charge in [0.05, 0.1) is 42.9 Å². The average molecular weight is 639 g/mol. The first-order valence-electron chi connectivity index (χ1n) is 13.3. The van der Waals surface area contributed by atoms with Gasteiger partial charge in [-0.2, -0.15) is 0 Å². The highest BCUT2D eigenvalue weighted by molar-refractivity contribution is 6.09. The molecule has 0 radical (unpaired) electrons. The molecule has 1 heterocycles. The first-order chi connectivity index (χ1) is 21.7. The van der Waals surface area contributed by atoms with Gasteiger partial charge >= 0.3 is 29.8 Å². The molecule has 0 unspecified atom stereocenters. The Morgan fingerprint density at radius 3 is 1.78 bits per heavy atom. The zero-order chi connectivity index (χ0) is 33.9. The second kappa shape index (κ2) is 13.3. The maximum Gasteiger partial charge on any atom is 0.336 e. The summed E-state index contributed by atoms with van der Waals surface area (Å²) in [6, 6.07) is 8.95. The first-order valence-corrected chi connectivity index (χ1v) is 13.3. The molecule has 0 spiro atoms. The Hall–Kier alpha value is -6.00. The van der Waals surface area contributed by atoms with Gasteiger partial charge < -0.3 is 40.2 Å². The number of nitrogens with zero attached hydrogens (tertiary/aromatic N) is 2. The number of aromatic carboxylic acids is 1. The molecule has 240 valence electrons. The molecule has 0 saturated heterocycles. The number of phenolic OH excluding ortho intramolecular Hbond substituents is 2. The number of fused-ring (bicyclic) bond motifs is 2. The van der Waals surface area contributed by atoms with Gasteiger partial charge in [-0.3, -0.25) is 33.8 Å². The minimum absolute atomic E-state index is 0.00727. The third-order valence-electron chi connectivity index (χ3n) is 6.89. The quantitative estimate of drug-likeness (QED) is 0.0967.